The molecule has 1 atom stereocenters. The molecule has 2 fully saturated rings. The van der Waals surface area contributed by atoms with Crippen LogP contribution in [0.15, 0.2) is 24.3 Å². The van der Waals surface area contributed by atoms with Crippen LogP contribution in [0, 0.1) is 11.2 Å². The summed E-state index contributed by atoms with van der Waals surface area (Å²) in [6.45, 7) is 11.1. The Morgan fingerprint density at radius 3 is 2.62 bits per heavy atom. The summed E-state index contributed by atoms with van der Waals surface area (Å²) in [7, 11) is 0. The third-order valence-electron chi connectivity index (χ3n) is 5.78. The standard InChI is InChI=1S/C21H31FN2O2/c1-16(2)24-14-21(13-20(3,4)19(24)25)10-12-23(15-26-21)11-9-17-7-5-6-8-18(17)22/h5-8,16H,9-15H2,1-4H3. The summed E-state index contributed by atoms with van der Waals surface area (Å²) in [5.74, 6) is 0.0886. The minimum atomic E-state index is -0.391. The molecule has 1 spiro atoms. The molecule has 144 valence electrons. The minimum Gasteiger partial charge on any atom is -0.358 e. The van der Waals surface area contributed by atoms with Crippen LogP contribution in [0.25, 0.3) is 0 Å². The van der Waals surface area contributed by atoms with Gasteiger partial charge in [0.2, 0.25) is 5.91 Å². The highest BCUT2D eigenvalue weighted by Gasteiger charge is 2.51. The molecule has 2 aliphatic heterocycles. The molecule has 0 N–H and O–H groups in total. The summed E-state index contributed by atoms with van der Waals surface area (Å²) >= 11 is 0. The molecule has 0 aliphatic carbocycles. The van der Waals surface area contributed by atoms with E-state index in [1.54, 1.807) is 6.07 Å². The van der Waals surface area contributed by atoms with Gasteiger partial charge in [0.1, 0.15) is 5.82 Å². The van der Waals surface area contributed by atoms with Crippen LogP contribution in [0.1, 0.15) is 46.1 Å². The monoisotopic (exact) mass is 362 g/mol. The van der Waals surface area contributed by atoms with Gasteiger partial charge in [-0.15, -0.1) is 0 Å². The lowest BCUT2D eigenvalue weighted by Crippen LogP contribution is -2.63. The van der Waals surface area contributed by atoms with Gasteiger partial charge in [-0.05, 0) is 44.7 Å². The molecule has 5 heteroatoms. The van der Waals surface area contributed by atoms with Crippen LogP contribution in [-0.2, 0) is 16.0 Å². The van der Waals surface area contributed by atoms with Crippen LogP contribution in [0.4, 0.5) is 4.39 Å². The maximum atomic E-state index is 13.8. The number of halogens is 1. The first-order valence-electron chi connectivity index (χ1n) is 9.63. The van der Waals surface area contributed by atoms with Crippen molar-refractivity contribution in [2.75, 3.05) is 26.4 Å². The normalized spacial score (nSPS) is 26.7. The highest BCUT2D eigenvalue weighted by molar-refractivity contribution is 5.83. The molecule has 0 radical (unpaired) electrons. The number of piperidine rings is 1. The summed E-state index contributed by atoms with van der Waals surface area (Å²) in [6, 6.07) is 7.14. The van der Waals surface area contributed by atoms with E-state index in [1.807, 2.05) is 30.9 Å². The SMILES string of the molecule is CC(C)N1CC2(CCN(CCc3ccccc3F)CO2)CC(C)(C)C1=O. The van der Waals surface area contributed by atoms with Crippen molar-refractivity contribution in [3.8, 4) is 0 Å². The fraction of sp³-hybridized carbons (Fsp3) is 0.667. The number of nitrogens with zero attached hydrogens (tertiary/aromatic N) is 2. The van der Waals surface area contributed by atoms with Gasteiger partial charge in [0.25, 0.3) is 0 Å². The van der Waals surface area contributed by atoms with E-state index in [1.165, 1.54) is 6.07 Å². The third-order valence-corrected chi connectivity index (χ3v) is 5.78. The minimum absolute atomic E-state index is 0.137. The van der Waals surface area contributed by atoms with Gasteiger partial charge in [0.05, 0.1) is 18.9 Å². The zero-order chi connectivity index (χ0) is 18.9. The first-order valence-corrected chi connectivity index (χ1v) is 9.63. The lowest BCUT2D eigenvalue weighted by Gasteiger charge is -2.53. The largest absolute Gasteiger partial charge is 0.358 e. The van der Waals surface area contributed by atoms with Crippen molar-refractivity contribution in [3.63, 3.8) is 0 Å². The second kappa shape index (κ2) is 7.28. The van der Waals surface area contributed by atoms with E-state index in [0.29, 0.717) is 19.7 Å². The molecule has 2 saturated heterocycles. The predicted molar refractivity (Wildman–Crippen MR) is 100 cm³/mol. The van der Waals surface area contributed by atoms with Crippen LogP contribution < -0.4 is 0 Å². The van der Waals surface area contributed by atoms with Gasteiger partial charge in [-0.3, -0.25) is 9.69 Å². The first kappa shape index (κ1) is 19.3. The Morgan fingerprint density at radius 1 is 1.27 bits per heavy atom. The lowest BCUT2D eigenvalue weighted by molar-refractivity contribution is -0.195. The molecule has 26 heavy (non-hydrogen) atoms. The van der Waals surface area contributed by atoms with Crippen molar-refractivity contribution in [2.45, 2.75) is 58.6 Å². The fourth-order valence-electron chi connectivity index (χ4n) is 4.27. The van der Waals surface area contributed by atoms with Gasteiger partial charge in [-0.25, -0.2) is 4.39 Å². The number of likely N-dealkylation sites (tertiary alicyclic amines) is 1. The van der Waals surface area contributed by atoms with Crippen LogP contribution >= 0.6 is 0 Å². The van der Waals surface area contributed by atoms with Crippen molar-refractivity contribution in [1.29, 1.82) is 0 Å². The zero-order valence-electron chi connectivity index (χ0n) is 16.4. The Morgan fingerprint density at radius 2 is 2.00 bits per heavy atom. The smallest absolute Gasteiger partial charge is 0.228 e. The number of ether oxygens (including phenoxy) is 1. The van der Waals surface area contributed by atoms with E-state index in [4.69, 9.17) is 4.74 Å². The average Bonchev–Trinajstić information content (AvgIpc) is 2.58. The second-order valence-corrected chi connectivity index (χ2v) is 8.75. The first-order chi connectivity index (χ1) is 12.2. The number of benzene rings is 1. The summed E-state index contributed by atoms with van der Waals surface area (Å²) in [5, 5.41) is 0. The summed E-state index contributed by atoms with van der Waals surface area (Å²) < 4.78 is 20.1. The van der Waals surface area contributed by atoms with E-state index in [-0.39, 0.29) is 23.4 Å². The average molecular weight is 362 g/mol. The molecule has 0 saturated carbocycles. The molecule has 2 heterocycles. The quantitative estimate of drug-likeness (QED) is 0.822. The van der Waals surface area contributed by atoms with Crippen LogP contribution in [0.2, 0.25) is 0 Å². The maximum absolute atomic E-state index is 13.8. The highest BCUT2D eigenvalue weighted by atomic mass is 19.1. The molecule has 2 aliphatic rings. The van der Waals surface area contributed by atoms with E-state index >= 15 is 0 Å². The molecule has 1 aromatic carbocycles. The fourth-order valence-corrected chi connectivity index (χ4v) is 4.27. The third kappa shape index (κ3) is 3.94. The van der Waals surface area contributed by atoms with Crippen molar-refractivity contribution in [1.82, 2.24) is 9.80 Å². The number of hydrogen-bond acceptors (Lipinski definition) is 3. The Kier molecular flexibility index (Phi) is 5.40. The topological polar surface area (TPSA) is 32.8 Å². The molecule has 1 amide bonds. The molecule has 3 rings (SSSR count). The van der Waals surface area contributed by atoms with Crippen molar-refractivity contribution in [3.05, 3.63) is 35.6 Å². The van der Waals surface area contributed by atoms with Gasteiger partial charge >= 0.3 is 0 Å². The molecular formula is C21H31FN2O2. The molecule has 0 bridgehead atoms. The van der Waals surface area contributed by atoms with Gasteiger partial charge in [-0.1, -0.05) is 32.0 Å². The van der Waals surface area contributed by atoms with Crippen LogP contribution in [0.3, 0.4) is 0 Å². The van der Waals surface area contributed by atoms with E-state index in [2.05, 4.69) is 18.7 Å². The van der Waals surface area contributed by atoms with E-state index in [9.17, 15) is 9.18 Å². The second-order valence-electron chi connectivity index (χ2n) is 8.75. The Hall–Kier alpha value is -1.46. The Balaban J connectivity index is 1.60. The van der Waals surface area contributed by atoms with Crippen molar-refractivity contribution in [2.24, 2.45) is 5.41 Å². The number of carbonyl (C=O) groups is 1. The number of carbonyl (C=O) groups excluding carboxylic acids is 1. The van der Waals surface area contributed by atoms with Gasteiger partial charge < -0.3 is 9.64 Å². The molecular weight excluding hydrogens is 331 g/mol. The molecule has 1 unspecified atom stereocenters. The Bertz CT molecular complexity index is 651. The van der Waals surface area contributed by atoms with Crippen molar-refractivity contribution < 1.29 is 13.9 Å². The van der Waals surface area contributed by atoms with Crippen LogP contribution in [0.5, 0.6) is 0 Å². The Labute approximate surface area is 156 Å². The summed E-state index contributed by atoms with van der Waals surface area (Å²) in [6.07, 6.45) is 2.36. The highest BCUT2D eigenvalue weighted by Crippen LogP contribution is 2.42. The van der Waals surface area contributed by atoms with E-state index in [0.717, 1.165) is 31.5 Å². The van der Waals surface area contributed by atoms with Crippen LogP contribution in [-0.4, -0.2) is 53.7 Å². The number of rotatable bonds is 4. The lowest BCUT2D eigenvalue weighted by atomic mass is 9.73. The van der Waals surface area contributed by atoms with Crippen molar-refractivity contribution >= 4 is 5.91 Å². The summed E-state index contributed by atoms with van der Waals surface area (Å²) in [4.78, 5) is 16.9. The van der Waals surface area contributed by atoms with Gasteiger partial charge in [0, 0.05) is 24.5 Å². The number of amides is 1. The summed E-state index contributed by atoms with van der Waals surface area (Å²) in [5.41, 5.74) is 0.108. The number of hydrogen-bond donors (Lipinski definition) is 0. The maximum Gasteiger partial charge on any atom is 0.228 e. The molecule has 1 aromatic rings. The molecule has 0 aromatic heterocycles. The van der Waals surface area contributed by atoms with Gasteiger partial charge in [-0.2, -0.15) is 0 Å². The zero-order valence-corrected chi connectivity index (χ0v) is 16.4. The predicted octanol–water partition coefficient (Wildman–Crippen LogP) is 3.45. The van der Waals surface area contributed by atoms with E-state index < -0.39 is 5.41 Å². The van der Waals surface area contributed by atoms with Gasteiger partial charge in [0.15, 0.2) is 0 Å². The molecule has 4 nitrogen and oxygen atoms in total.